The van der Waals surface area contributed by atoms with E-state index < -0.39 is 47.6 Å². The number of carbonyl (C=O) groups is 1. The number of hydrogen-bond acceptors (Lipinski definition) is 8. The lowest BCUT2D eigenvalue weighted by molar-refractivity contribution is -0.394. The van der Waals surface area contributed by atoms with Crippen molar-refractivity contribution in [3.05, 3.63) is 78.4 Å². The van der Waals surface area contributed by atoms with E-state index in [9.17, 15) is 35.1 Å². The van der Waals surface area contributed by atoms with Gasteiger partial charge in [0.25, 0.3) is 23.0 Å². The maximum absolute atomic E-state index is 12.5. The number of anilines is 1. The largest absolute Gasteiger partial charge is 0.362 e. The summed E-state index contributed by atoms with van der Waals surface area (Å²) in [5.41, 5.74) is -1.97. The van der Waals surface area contributed by atoms with Crippen LogP contribution in [0.25, 0.3) is 0 Å². The van der Waals surface area contributed by atoms with E-state index in [2.05, 4.69) is 10.6 Å². The van der Waals surface area contributed by atoms with Gasteiger partial charge in [-0.15, -0.1) is 0 Å². The van der Waals surface area contributed by atoms with E-state index in [1.54, 1.807) is 0 Å². The highest BCUT2D eigenvalue weighted by Gasteiger charge is 2.35. The number of amides is 1. The van der Waals surface area contributed by atoms with E-state index in [-0.39, 0.29) is 11.4 Å². The van der Waals surface area contributed by atoms with Crippen molar-refractivity contribution in [3.63, 3.8) is 0 Å². The fraction of sp³-hybridized carbons (Fsp3) is 0.133. The van der Waals surface area contributed by atoms with Gasteiger partial charge in [0, 0.05) is 30.0 Å². The topological polar surface area (TPSA) is 171 Å². The molecule has 12 nitrogen and oxygen atoms in total. The van der Waals surface area contributed by atoms with Gasteiger partial charge >= 0.3 is 0 Å². The van der Waals surface area contributed by atoms with Crippen molar-refractivity contribution in [2.75, 3.05) is 5.32 Å². The molecule has 0 aliphatic carbocycles. The minimum absolute atomic E-state index is 0.117. The third-order valence-corrected chi connectivity index (χ3v) is 4.21. The van der Waals surface area contributed by atoms with Crippen LogP contribution in [0.4, 0.5) is 22.7 Å². The highest BCUT2D eigenvalue weighted by Crippen LogP contribution is 2.32. The Labute approximate surface area is 182 Å². The molecule has 0 fully saturated rings. The molecule has 1 amide bonds. The summed E-state index contributed by atoms with van der Waals surface area (Å²) in [4.78, 5) is 42.9. The fourth-order valence-corrected chi connectivity index (χ4v) is 2.55. The zero-order valence-electron chi connectivity index (χ0n) is 14.5. The summed E-state index contributed by atoms with van der Waals surface area (Å²) in [6, 6.07) is 7.40. The van der Waals surface area contributed by atoms with Gasteiger partial charge in [-0.1, -0.05) is 40.9 Å². The van der Waals surface area contributed by atoms with Crippen LogP contribution in [0.3, 0.4) is 0 Å². The Bertz CT molecular complexity index is 996. The number of benzene rings is 2. The van der Waals surface area contributed by atoms with Gasteiger partial charge in [-0.3, -0.25) is 35.1 Å². The zero-order chi connectivity index (χ0) is 22.6. The summed E-state index contributed by atoms with van der Waals surface area (Å²) in [5, 5.41) is 37.7. The van der Waals surface area contributed by atoms with Crippen LogP contribution in [0.2, 0.25) is 0 Å². The highest BCUT2D eigenvalue weighted by molar-refractivity contribution is 6.68. The van der Waals surface area contributed by atoms with Crippen LogP contribution in [-0.2, 0) is 0 Å². The second kappa shape index (κ2) is 9.07. The van der Waals surface area contributed by atoms with Crippen molar-refractivity contribution < 1.29 is 19.6 Å². The van der Waals surface area contributed by atoms with Crippen LogP contribution in [0.15, 0.2) is 42.5 Å². The van der Waals surface area contributed by atoms with Crippen molar-refractivity contribution in [2.24, 2.45) is 0 Å². The summed E-state index contributed by atoms with van der Waals surface area (Å²) < 4.78 is -2.17. The van der Waals surface area contributed by atoms with Gasteiger partial charge in [0.1, 0.15) is 6.17 Å². The molecule has 0 aliphatic heterocycles. The zero-order valence-corrected chi connectivity index (χ0v) is 16.7. The first kappa shape index (κ1) is 23.1. The molecule has 0 spiro atoms. The average Bonchev–Trinajstić information content (AvgIpc) is 2.66. The number of carbonyl (C=O) groups excluding carboxylic acids is 1. The molecule has 0 saturated carbocycles. The quantitative estimate of drug-likeness (QED) is 0.260. The Morgan fingerprint density at radius 2 is 1.40 bits per heavy atom. The maximum atomic E-state index is 12.5. The number of halogens is 3. The molecule has 0 bridgehead atoms. The Hall–Kier alpha value is -3.22. The SMILES string of the molecule is O=C(NC(Nc1cccc([N+](=O)[O-])c1)C(Cl)(Cl)Cl)c1cc([N+](=O)[O-])cc([N+](=O)[O-])c1. The first-order valence-electron chi connectivity index (χ1n) is 7.71. The minimum atomic E-state index is -2.17. The van der Waals surface area contributed by atoms with Gasteiger partial charge in [0.2, 0.25) is 3.79 Å². The Balaban J connectivity index is 2.34. The second-order valence-electron chi connectivity index (χ2n) is 5.65. The van der Waals surface area contributed by atoms with Crippen molar-refractivity contribution >= 4 is 63.5 Å². The smallest absolute Gasteiger partial charge is 0.277 e. The molecular weight excluding hydrogens is 469 g/mol. The maximum Gasteiger partial charge on any atom is 0.277 e. The fourth-order valence-electron chi connectivity index (χ4n) is 2.23. The van der Waals surface area contributed by atoms with Crippen molar-refractivity contribution in [1.82, 2.24) is 5.32 Å². The molecule has 2 aromatic carbocycles. The molecule has 0 aliphatic rings. The van der Waals surface area contributed by atoms with E-state index in [1.165, 1.54) is 18.2 Å². The Morgan fingerprint density at radius 1 is 0.867 bits per heavy atom. The molecule has 0 heterocycles. The van der Waals surface area contributed by atoms with Crippen LogP contribution < -0.4 is 10.6 Å². The number of non-ortho nitro benzene ring substituents is 3. The number of nitro benzene ring substituents is 3. The average molecular weight is 479 g/mol. The predicted molar refractivity (Wildman–Crippen MR) is 108 cm³/mol. The molecule has 2 aromatic rings. The minimum Gasteiger partial charge on any atom is -0.362 e. The summed E-state index contributed by atoms with van der Waals surface area (Å²) in [6.45, 7) is 0. The molecule has 158 valence electrons. The molecule has 2 N–H and O–H groups in total. The van der Waals surface area contributed by atoms with Gasteiger partial charge in [0.05, 0.1) is 26.4 Å². The van der Waals surface area contributed by atoms with Crippen LogP contribution in [0.1, 0.15) is 10.4 Å². The molecule has 0 saturated heterocycles. The van der Waals surface area contributed by atoms with E-state index in [0.717, 1.165) is 18.2 Å². The Kier molecular flexibility index (Phi) is 6.97. The number of nitrogens with one attached hydrogen (secondary N) is 2. The number of rotatable bonds is 7. The van der Waals surface area contributed by atoms with Crippen LogP contribution in [0, 0.1) is 30.3 Å². The number of nitro groups is 3. The van der Waals surface area contributed by atoms with E-state index in [1.807, 2.05) is 0 Å². The first-order chi connectivity index (χ1) is 13.9. The van der Waals surface area contributed by atoms with Crippen molar-refractivity contribution in [1.29, 1.82) is 0 Å². The lowest BCUT2D eigenvalue weighted by Gasteiger charge is -2.27. The van der Waals surface area contributed by atoms with E-state index in [4.69, 9.17) is 34.8 Å². The van der Waals surface area contributed by atoms with Crippen molar-refractivity contribution in [2.45, 2.75) is 9.96 Å². The Morgan fingerprint density at radius 3 is 1.87 bits per heavy atom. The molecule has 0 aromatic heterocycles. The number of alkyl halides is 3. The van der Waals surface area contributed by atoms with Crippen LogP contribution in [0.5, 0.6) is 0 Å². The summed E-state index contributed by atoms with van der Waals surface area (Å²) in [7, 11) is 0. The molecule has 0 radical (unpaired) electrons. The van der Waals surface area contributed by atoms with Crippen molar-refractivity contribution in [3.8, 4) is 0 Å². The standard InChI is InChI=1S/C15H10Cl3N5O7/c16-15(17,18)14(19-9-2-1-3-10(6-9)21(25)26)20-13(24)8-4-11(22(27)28)7-12(5-8)23(29)30/h1-7,14,19H,(H,20,24). The first-order valence-corrected chi connectivity index (χ1v) is 8.84. The number of hydrogen-bond donors (Lipinski definition) is 2. The van der Waals surface area contributed by atoms with Gasteiger partial charge in [-0.05, 0) is 6.07 Å². The van der Waals surface area contributed by atoms with Gasteiger partial charge in [-0.2, -0.15) is 0 Å². The summed E-state index contributed by atoms with van der Waals surface area (Å²) in [6.07, 6.45) is -1.46. The third kappa shape index (κ3) is 5.89. The lowest BCUT2D eigenvalue weighted by atomic mass is 10.1. The van der Waals surface area contributed by atoms with Gasteiger partial charge in [-0.25, -0.2) is 0 Å². The second-order valence-corrected chi connectivity index (χ2v) is 8.02. The van der Waals surface area contributed by atoms with Crippen LogP contribution in [-0.4, -0.2) is 30.6 Å². The van der Waals surface area contributed by atoms with Gasteiger partial charge in [0.15, 0.2) is 0 Å². The summed E-state index contributed by atoms with van der Waals surface area (Å²) >= 11 is 17.5. The van der Waals surface area contributed by atoms with Gasteiger partial charge < -0.3 is 10.6 Å². The third-order valence-electron chi connectivity index (χ3n) is 3.56. The molecule has 30 heavy (non-hydrogen) atoms. The number of nitrogens with zero attached hydrogens (tertiary/aromatic N) is 3. The lowest BCUT2D eigenvalue weighted by Crippen LogP contribution is -2.49. The summed E-state index contributed by atoms with van der Waals surface area (Å²) in [5.74, 6) is -1.03. The molecule has 1 atom stereocenters. The predicted octanol–water partition coefficient (Wildman–Crippen LogP) is 3.95. The van der Waals surface area contributed by atoms with Crippen LogP contribution >= 0.6 is 34.8 Å². The monoisotopic (exact) mass is 477 g/mol. The normalized spacial score (nSPS) is 12.0. The van der Waals surface area contributed by atoms with E-state index >= 15 is 0 Å². The highest BCUT2D eigenvalue weighted by atomic mass is 35.6. The molecule has 2 rings (SSSR count). The molecule has 1 unspecified atom stereocenters. The molecule has 15 heteroatoms. The molecular formula is C15H10Cl3N5O7. The van der Waals surface area contributed by atoms with E-state index in [0.29, 0.717) is 6.07 Å².